The van der Waals surface area contributed by atoms with Gasteiger partial charge in [0.15, 0.2) is 17.6 Å². The molecule has 0 saturated carbocycles. The largest absolute Gasteiger partial charge is 0.485 e. The highest BCUT2D eigenvalue weighted by Gasteiger charge is 2.22. The van der Waals surface area contributed by atoms with Crippen LogP contribution in [0.1, 0.15) is 22.0 Å². The molecule has 96 valence electrons. The van der Waals surface area contributed by atoms with Gasteiger partial charge in [0.2, 0.25) is 3.79 Å². The van der Waals surface area contributed by atoms with E-state index in [0.29, 0.717) is 12.2 Å². The van der Waals surface area contributed by atoms with Crippen molar-refractivity contribution in [2.75, 3.05) is 6.61 Å². The van der Waals surface area contributed by atoms with Gasteiger partial charge in [-0.15, -0.1) is 0 Å². The number of hydrogen-bond donors (Lipinski definition) is 0. The normalized spacial score (nSPS) is 17.0. The number of rotatable bonds is 2. The monoisotopic (exact) mass is 366 g/mol. The van der Waals surface area contributed by atoms with Crippen LogP contribution in [0.4, 0.5) is 0 Å². The van der Waals surface area contributed by atoms with Gasteiger partial charge in [-0.2, -0.15) is 0 Å². The summed E-state index contributed by atoms with van der Waals surface area (Å²) < 4.78 is 11.6. The van der Waals surface area contributed by atoms with Gasteiger partial charge < -0.3 is 9.47 Å². The molecular weight excluding hydrogens is 355 g/mol. The Bertz CT molecular complexity index is 607. The highest BCUT2D eigenvalue weighted by atomic mass is 127. The maximum Gasteiger partial charge on any atom is 0.222 e. The van der Waals surface area contributed by atoms with E-state index in [0.717, 1.165) is 17.1 Å². The van der Waals surface area contributed by atoms with Crippen LogP contribution in [0.25, 0.3) is 0 Å². The van der Waals surface area contributed by atoms with Crippen LogP contribution in [0.5, 0.6) is 11.5 Å². The molecule has 0 radical (unpaired) electrons. The maximum absolute atomic E-state index is 11.2. The Labute approximate surface area is 124 Å². The third-order valence-electron chi connectivity index (χ3n) is 3.02. The van der Waals surface area contributed by atoms with Gasteiger partial charge in [-0.3, -0.25) is 4.79 Å². The summed E-state index contributed by atoms with van der Waals surface area (Å²) in [5.41, 5.74) is 1.71. The highest BCUT2D eigenvalue weighted by molar-refractivity contribution is 14.1. The van der Waals surface area contributed by atoms with Crippen molar-refractivity contribution in [2.45, 2.75) is 6.10 Å². The molecule has 0 N–H and O–H groups in total. The van der Waals surface area contributed by atoms with E-state index in [1.807, 2.05) is 48.5 Å². The van der Waals surface area contributed by atoms with Crippen molar-refractivity contribution in [3.63, 3.8) is 0 Å². The summed E-state index contributed by atoms with van der Waals surface area (Å²) in [4.78, 5) is 11.2. The van der Waals surface area contributed by atoms with Crippen LogP contribution >= 0.6 is 22.6 Å². The van der Waals surface area contributed by atoms with Gasteiger partial charge in [0.05, 0.1) is 0 Å². The number of carbonyl (C=O) groups excluding carboxylic acids is 1. The summed E-state index contributed by atoms with van der Waals surface area (Å²) in [6.07, 6.45) is -0.131. The first-order valence-corrected chi connectivity index (χ1v) is 7.00. The lowest BCUT2D eigenvalue weighted by Crippen LogP contribution is -2.21. The van der Waals surface area contributed by atoms with E-state index in [4.69, 9.17) is 9.47 Å². The minimum absolute atomic E-state index is 0.0373. The smallest absolute Gasteiger partial charge is 0.222 e. The Morgan fingerprint density at radius 2 is 1.74 bits per heavy atom. The van der Waals surface area contributed by atoms with Gasteiger partial charge in [-0.05, 0) is 17.7 Å². The Morgan fingerprint density at radius 1 is 1.05 bits per heavy atom. The summed E-state index contributed by atoms with van der Waals surface area (Å²) in [5, 5.41) is 0. The molecule has 1 aliphatic rings. The van der Waals surface area contributed by atoms with E-state index in [1.165, 1.54) is 0 Å². The summed E-state index contributed by atoms with van der Waals surface area (Å²) in [6, 6.07) is 15.1. The number of fused-ring (bicyclic) bond motifs is 1. The number of hydrogen-bond acceptors (Lipinski definition) is 3. The molecule has 1 atom stereocenters. The fraction of sp³-hybridized carbons (Fsp3) is 0.133. The molecule has 0 aromatic heterocycles. The quantitative estimate of drug-likeness (QED) is 0.600. The van der Waals surface area contributed by atoms with Crippen molar-refractivity contribution in [3.05, 3.63) is 59.7 Å². The van der Waals surface area contributed by atoms with Crippen LogP contribution in [0.2, 0.25) is 0 Å². The van der Waals surface area contributed by atoms with Crippen molar-refractivity contribution in [1.29, 1.82) is 0 Å². The minimum atomic E-state index is -0.131. The van der Waals surface area contributed by atoms with Gasteiger partial charge in [0, 0.05) is 28.2 Å². The fourth-order valence-electron chi connectivity index (χ4n) is 2.01. The van der Waals surface area contributed by atoms with Crippen molar-refractivity contribution in [1.82, 2.24) is 0 Å². The molecule has 4 heteroatoms. The topological polar surface area (TPSA) is 35.5 Å². The van der Waals surface area contributed by atoms with E-state index in [2.05, 4.69) is 0 Å². The predicted molar refractivity (Wildman–Crippen MR) is 80.1 cm³/mol. The van der Waals surface area contributed by atoms with Gasteiger partial charge in [-0.25, -0.2) is 0 Å². The Hall–Kier alpha value is -1.56. The van der Waals surface area contributed by atoms with Crippen LogP contribution < -0.4 is 9.47 Å². The lowest BCUT2D eigenvalue weighted by Gasteiger charge is -2.26. The molecule has 0 amide bonds. The molecule has 1 heterocycles. The molecule has 2 aromatic rings. The van der Waals surface area contributed by atoms with Gasteiger partial charge >= 0.3 is 0 Å². The zero-order valence-electron chi connectivity index (χ0n) is 10.0. The molecule has 1 aliphatic heterocycles. The molecule has 0 fully saturated rings. The molecule has 0 bridgehead atoms. The molecule has 3 rings (SSSR count). The van der Waals surface area contributed by atoms with Crippen molar-refractivity contribution in [2.24, 2.45) is 0 Å². The number of benzene rings is 2. The second kappa shape index (κ2) is 5.21. The highest BCUT2D eigenvalue weighted by Crippen LogP contribution is 2.35. The average molecular weight is 366 g/mol. The summed E-state index contributed by atoms with van der Waals surface area (Å²) >= 11 is 1.78. The first-order chi connectivity index (χ1) is 9.24. The number of halogens is 1. The predicted octanol–water partition coefficient (Wildman–Crippen LogP) is 3.77. The van der Waals surface area contributed by atoms with E-state index in [1.54, 1.807) is 22.6 Å². The van der Waals surface area contributed by atoms with Gasteiger partial charge in [-0.1, -0.05) is 36.4 Å². The summed E-state index contributed by atoms with van der Waals surface area (Å²) in [6.45, 7) is 0.481. The third-order valence-corrected chi connectivity index (χ3v) is 3.64. The molecule has 0 saturated heterocycles. The second-order valence-electron chi connectivity index (χ2n) is 4.26. The first-order valence-electron chi connectivity index (χ1n) is 5.92. The van der Waals surface area contributed by atoms with E-state index in [9.17, 15) is 4.79 Å². The summed E-state index contributed by atoms with van der Waals surface area (Å²) in [5.74, 6) is 1.53. The van der Waals surface area contributed by atoms with Crippen LogP contribution in [0.3, 0.4) is 0 Å². The van der Waals surface area contributed by atoms with E-state index >= 15 is 0 Å². The molecule has 19 heavy (non-hydrogen) atoms. The van der Waals surface area contributed by atoms with Crippen molar-refractivity contribution in [3.8, 4) is 11.5 Å². The lowest BCUT2D eigenvalue weighted by molar-refractivity contribution is 0.0912. The standard InChI is InChI=1S/C15H11IO3/c16-15(17)11-7-5-10(6-8-11)14-9-18-12-3-1-2-4-13(12)19-14/h1-8,14H,9H2. The van der Waals surface area contributed by atoms with Gasteiger partial charge in [0.25, 0.3) is 0 Å². The second-order valence-corrected chi connectivity index (χ2v) is 5.24. The van der Waals surface area contributed by atoms with E-state index in [-0.39, 0.29) is 9.89 Å². The van der Waals surface area contributed by atoms with Crippen molar-refractivity contribution < 1.29 is 14.3 Å². The number of carbonyl (C=O) groups is 1. The summed E-state index contributed by atoms with van der Waals surface area (Å²) in [7, 11) is 0. The molecule has 0 spiro atoms. The van der Waals surface area contributed by atoms with Crippen LogP contribution in [-0.2, 0) is 0 Å². The molecule has 3 nitrogen and oxygen atoms in total. The van der Waals surface area contributed by atoms with Crippen molar-refractivity contribution >= 4 is 26.4 Å². The Balaban J connectivity index is 1.83. The zero-order valence-corrected chi connectivity index (χ0v) is 12.2. The first kappa shape index (κ1) is 12.5. The number of para-hydroxylation sites is 2. The van der Waals surface area contributed by atoms with Crippen LogP contribution in [0, 0.1) is 0 Å². The van der Waals surface area contributed by atoms with Gasteiger partial charge in [0.1, 0.15) is 6.61 Å². The Kier molecular flexibility index (Phi) is 3.42. The fourth-order valence-corrected chi connectivity index (χ4v) is 2.37. The lowest BCUT2D eigenvalue weighted by atomic mass is 10.1. The SMILES string of the molecule is O=C(I)c1ccc(C2COc3ccccc3O2)cc1. The third kappa shape index (κ3) is 2.58. The van der Waals surface area contributed by atoms with E-state index < -0.39 is 0 Å². The van der Waals surface area contributed by atoms with Crippen LogP contribution in [0.15, 0.2) is 48.5 Å². The molecular formula is C15H11IO3. The molecule has 1 unspecified atom stereocenters. The maximum atomic E-state index is 11.2. The number of ether oxygens (including phenoxy) is 2. The minimum Gasteiger partial charge on any atom is -0.485 e. The molecule has 2 aromatic carbocycles. The Morgan fingerprint density at radius 3 is 2.42 bits per heavy atom. The zero-order chi connectivity index (χ0) is 13.2. The average Bonchev–Trinajstić information content (AvgIpc) is 2.47. The van der Waals surface area contributed by atoms with Crippen LogP contribution in [-0.4, -0.2) is 10.4 Å². The molecule has 0 aliphatic carbocycles.